The Balaban J connectivity index is -0.000000153. The van der Waals surface area contributed by atoms with Crippen molar-refractivity contribution in [1.29, 1.82) is 0 Å². The van der Waals surface area contributed by atoms with E-state index in [1.165, 1.54) is 68.5 Å². The molecule has 27 heteroatoms. The number of H-pyrrole nitrogens is 1. The Morgan fingerprint density at radius 3 is 1.35 bits per heavy atom. The fourth-order valence-electron chi connectivity index (χ4n) is 4.81. The minimum Gasteiger partial charge on any atom is -1.00 e. The Morgan fingerprint density at radius 1 is 0.714 bits per heavy atom. The summed E-state index contributed by atoms with van der Waals surface area (Å²) in [4.78, 5) is 49.6. The third-order valence-electron chi connectivity index (χ3n) is 8.06. The predicted octanol–water partition coefficient (Wildman–Crippen LogP) is 5.48. The Labute approximate surface area is 507 Å². The number of aromatic carboxylic acids is 1. The molecule has 7 N–H and O–H groups in total. The standard InChI is InChI=1S/C10H15NO4S.C9H9NO2S.C9H13NO2.C7H12O2.C6H7NO4S.2C4H8O.CH4.ClH.K.H3N.H2O.H/c1-10(2,3)15-9(12)8-5-6-11(7-8)16(4,13)14;1-8-3-5-9(6-4-8)13(11,12)7-10-2;1-9(2,3)12-8(11)7-4-5-10-6-7;1-5-6(8)9-7(2,3)4;1-12(10,11)7-3-2-5(4-7)6(8)9;2*1-2-4-5-3-1;;;;;;/h5-7H,1-4H3;3-6H,7H2,1H3;4-6,10H,1-3H3;5H,1H2,2-4H3;2-4H,1H3,(H,8,9);2*1-4H2;1H4;1H;;1H3;1H2;/q;;;;;;;;;+1;;;-1. The molecule has 0 bridgehead atoms. The van der Waals surface area contributed by atoms with Crippen molar-refractivity contribution >= 4 is 66.2 Å². The van der Waals surface area contributed by atoms with Gasteiger partial charge in [-0.1, -0.05) is 31.7 Å². The maximum atomic E-state index is 11.6. The van der Waals surface area contributed by atoms with Crippen molar-refractivity contribution in [1.82, 2.24) is 19.1 Å². The van der Waals surface area contributed by atoms with Crippen LogP contribution in [-0.4, -0.2) is 134 Å². The van der Waals surface area contributed by atoms with Crippen LogP contribution >= 0.6 is 12.4 Å². The van der Waals surface area contributed by atoms with Crippen molar-refractivity contribution in [2.75, 3.05) is 44.8 Å². The van der Waals surface area contributed by atoms with E-state index in [1.54, 1.807) is 51.4 Å². The molecule has 6 rings (SSSR count). The SMILES string of the molecule is C.C1CCOC1.C1CCOC1.C=CC(=O)OC(C)(C)C.CC(C)(C)OC(=O)c1cc[nH]c1.CC(C)(C)OC(=O)c1ccn(S(C)(=O)=O)c1.CS(=O)(=O)n1ccc(C(=O)O)c1.Cl.N.O.[C-]#[N+]CS(=O)(=O)c1ccc(C)cc1.[H-].[K+]. The minimum absolute atomic E-state index is 0. The van der Waals surface area contributed by atoms with Crippen LogP contribution in [0.2, 0.25) is 0 Å². The molecule has 4 aromatic rings. The van der Waals surface area contributed by atoms with E-state index in [1.807, 2.05) is 48.5 Å². The molecule has 0 spiro atoms. The molecule has 0 saturated carbocycles. The molecule has 5 heterocycles. The quantitative estimate of drug-likeness (QED) is 0.0646. The molecule has 0 aliphatic carbocycles. The fourth-order valence-corrected chi connectivity index (χ4v) is 6.85. The number of aromatic nitrogens is 3. The van der Waals surface area contributed by atoms with Crippen LogP contribution in [0.25, 0.3) is 4.85 Å². The first kappa shape index (κ1) is 84.1. The Hall–Kier alpha value is -4.21. The molecule has 2 saturated heterocycles. The number of carboxylic acids is 1. The largest absolute Gasteiger partial charge is 1.00 e. The summed E-state index contributed by atoms with van der Waals surface area (Å²) in [5.74, 6) is -2.81. The molecule has 1 aromatic carbocycles. The van der Waals surface area contributed by atoms with Crippen LogP contribution in [0.5, 0.6) is 0 Å². The van der Waals surface area contributed by atoms with Gasteiger partial charge in [-0.05, 0) is 125 Å². The second-order valence-electron chi connectivity index (χ2n) is 18.5. The van der Waals surface area contributed by atoms with Crippen LogP contribution in [0.3, 0.4) is 0 Å². The summed E-state index contributed by atoms with van der Waals surface area (Å²) in [6, 6.07) is 10.8. The second kappa shape index (κ2) is 40.0. The molecular weight excluding hydrogens is 1110 g/mol. The number of hydrogen-bond donors (Lipinski definition) is 3. The number of benzene rings is 1. The van der Waals surface area contributed by atoms with Gasteiger partial charge in [0.1, 0.15) is 16.8 Å². The van der Waals surface area contributed by atoms with E-state index in [-0.39, 0.29) is 112 Å². The summed E-state index contributed by atoms with van der Waals surface area (Å²) in [5, 5.41) is 8.46. The number of carbonyl (C=O) groups excluding carboxylic acids is 3. The molecule has 0 radical (unpaired) electrons. The van der Waals surface area contributed by atoms with Gasteiger partial charge in [-0.2, -0.15) is 0 Å². The van der Waals surface area contributed by atoms with Crippen molar-refractivity contribution in [3.63, 3.8) is 0 Å². The van der Waals surface area contributed by atoms with Crippen molar-refractivity contribution in [3.8, 4) is 0 Å². The van der Waals surface area contributed by atoms with E-state index in [9.17, 15) is 44.4 Å². The molecule has 0 atom stereocenters. The molecule has 77 heavy (non-hydrogen) atoms. The average Bonchev–Trinajstić information content (AvgIpc) is 4.09. The van der Waals surface area contributed by atoms with E-state index in [0.717, 1.165) is 64.7 Å². The summed E-state index contributed by atoms with van der Waals surface area (Å²) in [6.07, 6.45) is 16.4. The molecule has 0 amide bonds. The first-order valence-corrected chi connectivity index (χ1v) is 27.6. The first-order chi connectivity index (χ1) is 33.0. The Morgan fingerprint density at radius 2 is 1.09 bits per heavy atom. The first-order valence-electron chi connectivity index (χ1n) is 22.2. The molecule has 3 aromatic heterocycles. The number of esters is 3. The van der Waals surface area contributed by atoms with Gasteiger partial charge in [0.25, 0.3) is 9.84 Å². The van der Waals surface area contributed by atoms with Gasteiger partial charge in [-0.15, -0.1) is 12.4 Å². The average molecular weight is 1200 g/mol. The van der Waals surface area contributed by atoms with Crippen molar-refractivity contribution in [2.24, 2.45) is 0 Å². The van der Waals surface area contributed by atoms with Crippen LogP contribution in [-0.2, 0) is 58.4 Å². The molecule has 2 aliphatic rings. The summed E-state index contributed by atoms with van der Waals surface area (Å²) in [6.45, 7) is 31.9. The third-order valence-corrected chi connectivity index (χ3v) is 11.5. The Kier molecular flexibility index (Phi) is 43.7. The van der Waals surface area contributed by atoms with E-state index >= 15 is 0 Å². The molecular formula is C50H83ClKN5O17S3. The smallest absolute Gasteiger partial charge is 1.00 e. The van der Waals surface area contributed by atoms with Gasteiger partial charge in [0.05, 0.1) is 34.1 Å². The molecule has 2 aliphatic heterocycles. The summed E-state index contributed by atoms with van der Waals surface area (Å²) >= 11 is 0. The van der Waals surface area contributed by atoms with Gasteiger partial charge in [0.2, 0.25) is 20.0 Å². The molecule has 0 unspecified atom stereocenters. The van der Waals surface area contributed by atoms with Crippen LogP contribution < -0.4 is 57.5 Å². The number of aryl methyl sites for hydroxylation is 1. The number of hydrogen-bond acceptors (Lipinski definition) is 16. The number of ether oxygens (including phenoxy) is 5. The van der Waals surface area contributed by atoms with Crippen LogP contribution in [0, 0.1) is 13.5 Å². The zero-order valence-corrected chi connectivity index (χ0v) is 52.3. The summed E-state index contributed by atoms with van der Waals surface area (Å²) in [5.41, 5.74) is 0.330. The monoisotopic (exact) mass is 1200 g/mol. The van der Waals surface area contributed by atoms with Gasteiger partial charge < -0.3 is 46.8 Å². The molecule has 436 valence electrons. The van der Waals surface area contributed by atoms with E-state index in [0.29, 0.717) is 5.56 Å². The van der Waals surface area contributed by atoms with Gasteiger partial charge >= 0.3 is 81.1 Å². The topological polar surface area (TPSA) is 334 Å². The summed E-state index contributed by atoms with van der Waals surface area (Å²) < 4.78 is 93.4. The number of sulfone groups is 1. The van der Waals surface area contributed by atoms with Crippen molar-refractivity contribution in [3.05, 3.63) is 126 Å². The maximum Gasteiger partial charge on any atom is 1.00 e. The molecule has 22 nitrogen and oxygen atoms in total. The zero-order valence-electron chi connectivity index (χ0n) is 46.9. The predicted molar refractivity (Wildman–Crippen MR) is 297 cm³/mol. The van der Waals surface area contributed by atoms with Gasteiger partial charge in [0.15, 0.2) is 0 Å². The van der Waals surface area contributed by atoms with Crippen LogP contribution in [0.15, 0.2) is 97.2 Å². The number of aromatic amines is 1. The number of nitrogens with zero attached hydrogens (tertiary/aromatic N) is 3. The van der Waals surface area contributed by atoms with Crippen LogP contribution in [0.4, 0.5) is 0 Å². The van der Waals surface area contributed by atoms with Crippen LogP contribution in [0.1, 0.15) is 133 Å². The normalized spacial score (nSPS) is 12.3. The molecule has 2 fully saturated rings. The van der Waals surface area contributed by atoms with E-state index in [2.05, 4.69) is 16.4 Å². The maximum absolute atomic E-state index is 11.6. The number of carbonyl (C=O) groups is 4. The zero-order chi connectivity index (χ0) is 55.6. The third kappa shape index (κ3) is 41.5. The van der Waals surface area contributed by atoms with Gasteiger partial charge in [-0.25, -0.2) is 51.0 Å². The number of carboxylic acid groups (broad SMARTS) is 1. The minimum atomic E-state index is -3.38. The number of rotatable bonds is 8. The van der Waals surface area contributed by atoms with Crippen molar-refractivity contribution < 1.29 is 132 Å². The van der Waals surface area contributed by atoms with Gasteiger partial charge in [-0.3, -0.25) is 12.8 Å². The second-order valence-corrected chi connectivity index (χ2v) is 24.2. The van der Waals surface area contributed by atoms with E-state index in [4.69, 9.17) is 35.4 Å². The number of halogens is 1. The fraction of sp³-hybridized carbons (Fsp3) is 0.500. The summed E-state index contributed by atoms with van der Waals surface area (Å²) in [7, 11) is -10.1. The Bertz CT molecular complexity index is 2670. The van der Waals surface area contributed by atoms with Gasteiger partial charge in [0, 0.05) is 69.7 Å². The van der Waals surface area contributed by atoms with E-state index < -0.39 is 64.5 Å². The van der Waals surface area contributed by atoms with Crippen molar-refractivity contribution in [2.45, 2.75) is 124 Å². The number of nitrogens with one attached hydrogen (secondary N) is 1.